The molecule has 1 unspecified atom stereocenters. The van der Waals surface area contributed by atoms with Gasteiger partial charge < -0.3 is 57.6 Å². The van der Waals surface area contributed by atoms with Crippen LogP contribution in [-0.2, 0) is 67.2 Å². The van der Waals surface area contributed by atoms with Crippen LogP contribution >= 0.6 is 11.8 Å². The van der Waals surface area contributed by atoms with E-state index < -0.39 is 127 Å². The van der Waals surface area contributed by atoms with Gasteiger partial charge in [0.25, 0.3) is 0 Å². The number of nitrogens with one attached hydrogen (secondary N) is 6. The molecule has 0 saturated carbocycles. The Labute approximate surface area is 409 Å². The first-order valence-corrected chi connectivity index (χ1v) is 23.6. The second kappa shape index (κ2) is 26.9. The van der Waals surface area contributed by atoms with Crippen LogP contribution in [0.1, 0.15) is 43.4 Å². The van der Waals surface area contributed by atoms with Crippen molar-refractivity contribution in [2.75, 3.05) is 38.7 Å². The van der Waals surface area contributed by atoms with Crippen LogP contribution in [0.4, 0.5) is 0 Å². The average Bonchev–Trinajstić information content (AvgIpc) is 3.32. The number of hydrogen-bond acceptors (Lipinski definition) is 12. The number of carboxylic acids is 1. The molecule has 3 aromatic carbocycles. The second-order valence-corrected chi connectivity index (χ2v) is 18.2. The highest BCUT2D eigenvalue weighted by atomic mass is 32.2. The van der Waals surface area contributed by atoms with E-state index in [9.17, 15) is 58.2 Å². The van der Waals surface area contributed by atoms with Crippen LogP contribution in [0.25, 0.3) is 0 Å². The molecule has 1 heterocycles. The maximum atomic E-state index is 14.7. The van der Waals surface area contributed by atoms with E-state index in [1.165, 1.54) is 38.4 Å². The molecule has 9 amide bonds. The number of hydrogen-bond donors (Lipinski definition) is 9. The van der Waals surface area contributed by atoms with Gasteiger partial charge in [-0.25, -0.2) is 0 Å². The Balaban J connectivity index is 1.80. The third kappa shape index (κ3) is 17.5. The molecule has 0 aromatic heterocycles. The van der Waals surface area contributed by atoms with E-state index >= 15 is 0 Å². The molecule has 0 bridgehead atoms. The van der Waals surface area contributed by atoms with Crippen molar-refractivity contribution in [3.05, 3.63) is 102 Å². The molecule has 0 aliphatic carbocycles. The number of likely N-dealkylation sites (N-methyl/N-ethyl adjacent to an activating group) is 2. The van der Waals surface area contributed by atoms with E-state index in [2.05, 4.69) is 31.9 Å². The second-order valence-electron chi connectivity index (χ2n) is 17.1. The molecule has 1 saturated heterocycles. The Morgan fingerprint density at radius 1 is 0.700 bits per heavy atom. The Morgan fingerprint density at radius 2 is 1.27 bits per heavy atom. The number of carbonyl (C=O) groups is 10. The zero-order valence-electron chi connectivity index (χ0n) is 39.3. The van der Waals surface area contributed by atoms with Crippen LogP contribution < -0.4 is 37.6 Å². The summed E-state index contributed by atoms with van der Waals surface area (Å²) >= 11 is 0.902. The normalized spacial score (nSPS) is 21.9. The first-order chi connectivity index (χ1) is 33.2. The molecule has 21 nitrogen and oxygen atoms in total. The highest BCUT2D eigenvalue weighted by Gasteiger charge is 2.37. The molecule has 1 fully saturated rings. The predicted molar refractivity (Wildman–Crippen MR) is 257 cm³/mol. The number of benzene rings is 3. The number of carbonyl (C=O) groups excluding carboxylic acids is 9. The molecule has 376 valence electrons. The SMILES string of the molecule is CC(C)C1NC(=O)[C@H](Cc2ccccc2)NC(=O)CSC[C@H](C(=O)NCC(N)=O)NC(=O)[C@@H](Cc2ccccc2)N(C)C(=O)[C@H](Cc2ccc(O)cc2)NC(=O)CN(C)C(=O)[C@H](CCC(=O)O)NC1=O. The fourth-order valence-electron chi connectivity index (χ4n) is 7.40. The van der Waals surface area contributed by atoms with Crippen LogP contribution in [0.5, 0.6) is 5.75 Å². The summed E-state index contributed by atoms with van der Waals surface area (Å²) in [5, 5.41) is 35.1. The monoisotopic (exact) mass is 987 g/mol. The van der Waals surface area contributed by atoms with Crippen molar-refractivity contribution in [1.82, 2.24) is 41.7 Å². The van der Waals surface area contributed by atoms with E-state index in [-0.39, 0.29) is 36.5 Å². The number of thioether (sulfide) groups is 1. The number of phenols is 1. The molecule has 4 rings (SSSR count). The minimum Gasteiger partial charge on any atom is -0.508 e. The topological polar surface area (TPSA) is 316 Å². The summed E-state index contributed by atoms with van der Waals surface area (Å²) in [4.78, 5) is 138. The summed E-state index contributed by atoms with van der Waals surface area (Å²) in [6, 6.07) is 14.8. The van der Waals surface area contributed by atoms with Gasteiger partial charge in [0.1, 0.15) is 42.0 Å². The van der Waals surface area contributed by atoms with E-state index in [4.69, 9.17) is 5.73 Å². The highest BCUT2D eigenvalue weighted by Crippen LogP contribution is 2.17. The number of phenolic OH excluding ortho intramolecular Hbond substituents is 1. The van der Waals surface area contributed by atoms with Gasteiger partial charge >= 0.3 is 5.97 Å². The lowest BCUT2D eigenvalue weighted by molar-refractivity contribution is -0.143. The van der Waals surface area contributed by atoms with Crippen LogP contribution in [0, 0.1) is 5.92 Å². The summed E-state index contributed by atoms with van der Waals surface area (Å²) in [6.45, 7) is 1.96. The molecule has 1 aliphatic rings. The lowest BCUT2D eigenvalue weighted by Crippen LogP contribution is -2.60. The molecule has 10 N–H and O–H groups in total. The first-order valence-electron chi connectivity index (χ1n) is 22.4. The Hall–Kier alpha value is -7.49. The van der Waals surface area contributed by atoms with Crippen molar-refractivity contribution in [3.63, 3.8) is 0 Å². The number of nitrogens with zero attached hydrogens (tertiary/aromatic N) is 2. The van der Waals surface area contributed by atoms with Crippen molar-refractivity contribution < 1.29 is 58.2 Å². The quantitative estimate of drug-likeness (QED) is 0.0994. The highest BCUT2D eigenvalue weighted by molar-refractivity contribution is 8.00. The minimum atomic E-state index is -1.50. The minimum absolute atomic E-state index is 0.0266. The molecule has 6 atom stereocenters. The summed E-state index contributed by atoms with van der Waals surface area (Å²) in [7, 11) is 2.57. The molecular weight excluding hydrogens is 927 g/mol. The zero-order chi connectivity index (χ0) is 51.5. The number of carboxylic acid groups (broad SMARTS) is 1. The van der Waals surface area contributed by atoms with E-state index in [1.54, 1.807) is 74.5 Å². The summed E-state index contributed by atoms with van der Waals surface area (Å²) < 4.78 is 0. The largest absolute Gasteiger partial charge is 0.508 e. The average molecular weight is 988 g/mol. The van der Waals surface area contributed by atoms with Gasteiger partial charge in [-0.15, -0.1) is 11.8 Å². The predicted octanol–water partition coefficient (Wildman–Crippen LogP) is -1.00. The number of nitrogens with two attached hydrogens (primary N) is 1. The van der Waals surface area contributed by atoms with Crippen LogP contribution in [-0.4, -0.2) is 154 Å². The smallest absolute Gasteiger partial charge is 0.303 e. The van der Waals surface area contributed by atoms with Crippen molar-refractivity contribution in [2.45, 2.75) is 82.2 Å². The van der Waals surface area contributed by atoms with Gasteiger partial charge in [-0.3, -0.25) is 47.9 Å². The molecule has 0 spiro atoms. The van der Waals surface area contributed by atoms with Gasteiger partial charge in [-0.05, 0) is 41.2 Å². The number of aliphatic carboxylic acids is 1. The molecule has 22 heteroatoms. The molecule has 70 heavy (non-hydrogen) atoms. The first kappa shape index (κ1) is 55.1. The van der Waals surface area contributed by atoms with Crippen LogP contribution in [0.3, 0.4) is 0 Å². The zero-order valence-corrected chi connectivity index (χ0v) is 40.2. The van der Waals surface area contributed by atoms with Gasteiger partial charge in [-0.1, -0.05) is 86.6 Å². The van der Waals surface area contributed by atoms with E-state index in [0.717, 1.165) is 21.6 Å². The number of amides is 9. The summed E-state index contributed by atoms with van der Waals surface area (Å²) in [6.07, 6.45) is -1.26. The number of rotatable bonds is 13. The number of primary amides is 1. The van der Waals surface area contributed by atoms with Gasteiger partial charge in [-0.2, -0.15) is 0 Å². The summed E-state index contributed by atoms with van der Waals surface area (Å²) in [5.41, 5.74) is 7.03. The standard InChI is InChI=1S/C48H61N9O12S/c1-28(2)42-46(67)53-33(19-20-41(62)63)47(68)56(3)25-39(60)52-35(22-31-15-17-32(58)18-16-31)48(69)57(4)37(23-30-13-9-6-10-14-30)45(66)54-36(43(64)50-24-38(49)59)26-70-27-40(61)51-34(44(65)55-42)21-29-11-7-5-8-12-29/h5-18,28,33-37,42,58H,19-27H2,1-4H3,(H2,49,59)(H,50,64)(H,51,61)(H,52,60)(H,53,67)(H,54,66)(H,55,65)(H,62,63)/t33-,34-,35-,36+,37+,42?/m0/s1. The van der Waals surface area contributed by atoms with Gasteiger partial charge in [0.15, 0.2) is 0 Å². The van der Waals surface area contributed by atoms with Crippen LogP contribution in [0.15, 0.2) is 84.9 Å². The Morgan fingerprint density at radius 3 is 1.86 bits per heavy atom. The van der Waals surface area contributed by atoms with E-state index in [0.29, 0.717) is 16.7 Å². The maximum absolute atomic E-state index is 14.7. The lowest BCUT2D eigenvalue weighted by atomic mass is 10.00. The Kier molecular flexibility index (Phi) is 21.2. The Bertz CT molecular complexity index is 2340. The molecular formula is C48H61N9O12S. The van der Waals surface area contributed by atoms with Gasteiger partial charge in [0.05, 0.1) is 18.8 Å². The third-order valence-electron chi connectivity index (χ3n) is 11.2. The fraction of sp³-hybridized carbons (Fsp3) is 0.417. The third-order valence-corrected chi connectivity index (χ3v) is 12.2. The van der Waals surface area contributed by atoms with Crippen LogP contribution in [0.2, 0.25) is 0 Å². The fourth-order valence-corrected chi connectivity index (χ4v) is 8.25. The van der Waals surface area contributed by atoms with Gasteiger partial charge in [0.2, 0.25) is 53.2 Å². The summed E-state index contributed by atoms with van der Waals surface area (Å²) in [5.74, 6) is -9.89. The van der Waals surface area contributed by atoms with Crippen molar-refractivity contribution in [2.24, 2.45) is 11.7 Å². The lowest BCUT2D eigenvalue weighted by Gasteiger charge is -2.32. The van der Waals surface area contributed by atoms with E-state index in [1.807, 2.05) is 0 Å². The van der Waals surface area contributed by atoms with Crippen molar-refractivity contribution in [1.29, 1.82) is 0 Å². The maximum Gasteiger partial charge on any atom is 0.303 e. The molecule has 1 aliphatic heterocycles. The molecule has 3 aromatic rings. The molecule has 0 radical (unpaired) electrons. The van der Waals surface area contributed by atoms with Gasteiger partial charge in [0, 0.05) is 45.5 Å². The number of aromatic hydroxyl groups is 1. The van der Waals surface area contributed by atoms with Crippen molar-refractivity contribution >= 4 is 70.9 Å². The van der Waals surface area contributed by atoms with Crippen molar-refractivity contribution in [3.8, 4) is 5.75 Å².